The quantitative estimate of drug-likeness (QED) is 0.714. The van der Waals surface area contributed by atoms with E-state index >= 15 is 0 Å². The normalized spacial score (nSPS) is 19.1. The lowest BCUT2D eigenvalue weighted by Crippen LogP contribution is -2.43. The van der Waals surface area contributed by atoms with Crippen molar-refractivity contribution in [2.24, 2.45) is 5.92 Å². The fraction of sp³-hybridized carbons (Fsp3) is 0.455. The van der Waals surface area contributed by atoms with Gasteiger partial charge in [0.1, 0.15) is 5.82 Å². The van der Waals surface area contributed by atoms with E-state index in [1.807, 2.05) is 28.8 Å². The van der Waals surface area contributed by atoms with Gasteiger partial charge < -0.3 is 15.3 Å². The Morgan fingerprint density at radius 3 is 2.68 bits per heavy atom. The van der Waals surface area contributed by atoms with Crippen molar-refractivity contribution in [3.63, 3.8) is 0 Å². The lowest BCUT2D eigenvalue weighted by atomic mass is 9.84. The Kier molecular flexibility index (Phi) is 4.23. The maximum atomic E-state index is 11.2. The average molecular weight is 377 g/mol. The lowest BCUT2D eigenvalue weighted by Gasteiger charge is -2.39. The predicted molar refractivity (Wildman–Crippen MR) is 111 cm³/mol. The number of rotatable bonds is 5. The number of benzene rings is 1. The molecule has 1 aliphatic carbocycles. The van der Waals surface area contributed by atoms with Crippen LogP contribution in [0.1, 0.15) is 36.8 Å². The molecule has 1 saturated heterocycles. The van der Waals surface area contributed by atoms with Crippen molar-refractivity contribution in [2.45, 2.75) is 38.2 Å². The Bertz CT molecular complexity index is 986. The van der Waals surface area contributed by atoms with Gasteiger partial charge in [-0.25, -0.2) is 0 Å². The summed E-state index contributed by atoms with van der Waals surface area (Å²) in [6.07, 6.45) is 4.02. The monoisotopic (exact) mass is 377 g/mol. The number of aromatic nitrogens is 3. The highest BCUT2D eigenvalue weighted by Gasteiger charge is 2.34. The number of nitrogens with zero attached hydrogens (tertiary/aromatic N) is 4. The van der Waals surface area contributed by atoms with Crippen molar-refractivity contribution in [1.29, 1.82) is 0 Å². The number of aryl methyl sites for hydroxylation is 1. The van der Waals surface area contributed by atoms with E-state index < -0.39 is 5.60 Å². The highest BCUT2D eigenvalue weighted by atomic mass is 16.3. The highest BCUT2D eigenvalue weighted by molar-refractivity contribution is 5.53. The van der Waals surface area contributed by atoms with Crippen molar-refractivity contribution in [3.8, 4) is 0 Å². The zero-order valence-corrected chi connectivity index (χ0v) is 16.3. The third kappa shape index (κ3) is 3.33. The first-order valence-electron chi connectivity index (χ1n) is 10.2. The van der Waals surface area contributed by atoms with E-state index in [1.165, 1.54) is 18.4 Å². The summed E-state index contributed by atoms with van der Waals surface area (Å²) < 4.78 is 1.92. The molecule has 146 valence electrons. The summed E-state index contributed by atoms with van der Waals surface area (Å²) in [5.41, 5.74) is 2.32. The van der Waals surface area contributed by atoms with E-state index in [4.69, 9.17) is 0 Å². The minimum atomic E-state index is -0.754. The van der Waals surface area contributed by atoms with E-state index in [1.54, 1.807) is 0 Å². The molecule has 6 heteroatoms. The Morgan fingerprint density at radius 1 is 1.14 bits per heavy atom. The van der Waals surface area contributed by atoms with Crippen LogP contribution in [0.25, 0.3) is 5.65 Å². The molecule has 28 heavy (non-hydrogen) atoms. The molecule has 3 aromatic rings. The van der Waals surface area contributed by atoms with E-state index in [-0.39, 0.29) is 0 Å². The van der Waals surface area contributed by atoms with Gasteiger partial charge in [-0.1, -0.05) is 35.9 Å². The van der Waals surface area contributed by atoms with Gasteiger partial charge >= 0.3 is 0 Å². The molecule has 1 aromatic carbocycles. The molecular formula is C22H27N5O. The van der Waals surface area contributed by atoms with Crippen LogP contribution >= 0.6 is 0 Å². The zero-order valence-electron chi connectivity index (χ0n) is 16.3. The van der Waals surface area contributed by atoms with Crippen LogP contribution in [-0.2, 0) is 5.60 Å². The summed E-state index contributed by atoms with van der Waals surface area (Å²) >= 11 is 0. The van der Waals surface area contributed by atoms with E-state index in [0.29, 0.717) is 18.8 Å². The zero-order chi connectivity index (χ0) is 19.1. The van der Waals surface area contributed by atoms with Crippen LogP contribution in [0.4, 0.5) is 11.8 Å². The maximum Gasteiger partial charge on any atom is 0.243 e. The number of hydrogen-bond donors (Lipinski definition) is 2. The number of hydrogen-bond acceptors (Lipinski definition) is 5. The molecule has 0 unspecified atom stereocenters. The molecule has 3 heterocycles. The van der Waals surface area contributed by atoms with Crippen molar-refractivity contribution < 1.29 is 5.11 Å². The van der Waals surface area contributed by atoms with Crippen molar-refractivity contribution in [1.82, 2.24) is 14.6 Å². The van der Waals surface area contributed by atoms with Gasteiger partial charge in [0, 0.05) is 19.6 Å². The molecule has 6 nitrogen and oxygen atoms in total. The van der Waals surface area contributed by atoms with Gasteiger partial charge in [-0.05, 0) is 56.2 Å². The van der Waals surface area contributed by atoms with Gasteiger partial charge in [0.2, 0.25) is 5.95 Å². The number of pyridine rings is 1. The van der Waals surface area contributed by atoms with E-state index in [2.05, 4.69) is 45.4 Å². The van der Waals surface area contributed by atoms with Crippen LogP contribution in [0.2, 0.25) is 0 Å². The summed E-state index contributed by atoms with van der Waals surface area (Å²) in [5, 5.41) is 19.3. The molecule has 0 bridgehead atoms. The Labute approximate surface area is 165 Å². The van der Waals surface area contributed by atoms with Crippen LogP contribution in [0, 0.1) is 12.8 Å². The molecule has 1 saturated carbocycles. The number of piperidine rings is 1. The molecule has 5 rings (SSSR count). The number of fused-ring (bicyclic) bond motifs is 1. The Balaban J connectivity index is 1.35. The van der Waals surface area contributed by atoms with Crippen LogP contribution in [0.5, 0.6) is 0 Å². The highest BCUT2D eigenvalue weighted by Crippen LogP contribution is 2.35. The van der Waals surface area contributed by atoms with Crippen LogP contribution in [0.15, 0.2) is 42.5 Å². The second kappa shape index (κ2) is 6.78. The summed E-state index contributed by atoms with van der Waals surface area (Å²) in [5.74, 6) is 2.52. The Hall–Kier alpha value is -2.60. The minimum absolute atomic E-state index is 0.702. The molecule has 2 fully saturated rings. The van der Waals surface area contributed by atoms with E-state index in [0.717, 1.165) is 42.6 Å². The van der Waals surface area contributed by atoms with Crippen LogP contribution in [-0.4, -0.2) is 39.3 Å². The van der Waals surface area contributed by atoms with Gasteiger partial charge in [-0.2, -0.15) is 9.50 Å². The number of anilines is 2. The largest absolute Gasteiger partial charge is 0.385 e. The molecule has 2 N–H and O–H groups in total. The van der Waals surface area contributed by atoms with Gasteiger partial charge in [-0.15, -0.1) is 5.10 Å². The fourth-order valence-electron chi connectivity index (χ4n) is 4.09. The van der Waals surface area contributed by atoms with E-state index in [9.17, 15) is 5.11 Å². The van der Waals surface area contributed by atoms with Gasteiger partial charge in [0.25, 0.3) is 0 Å². The Morgan fingerprint density at radius 2 is 1.93 bits per heavy atom. The summed E-state index contributed by atoms with van der Waals surface area (Å²) in [6, 6.07) is 14.4. The standard InChI is InChI=1S/C22H27N5O/c1-16-4-2-5-18(14-16)22(28)10-12-26(13-11-22)20-7-3-6-19-24-21(25-27(19)20)23-15-17-8-9-17/h2-7,14,17,28H,8-13,15H2,1H3,(H,23,25). The molecule has 0 spiro atoms. The van der Waals surface area contributed by atoms with Crippen molar-refractivity contribution in [3.05, 3.63) is 53.6 Å². The molecule has 2 aromatic heterocycles. The molecule has 2 aliphatic rings. The average Bonchev–Trinajstić information content (AvgIpc) is 3.44. The predicted octanol–water partition coefficient (Wildman–Crippen LogP) is 3.35. The molecular weight excluding hydrogens is 350 g/mol. The first kappa shape index (κ1) is 17.5. The fourth-order valence-corrected chi connectivity index (χ4v) is 4.09. The van der Waals surface area contributed by atoms with Crippen molar-refractivity contribution in [2.75, 3.05) is 29.9 Å². The van der Waals surface area contributed by atoms with Gasteiger partial charge in [-0.3, -0.25) is 0 Å². The lowest BCUT2D eigenvalue weighted by molar-refractivity contribution is 0.0115. The third-order valence-electron chi connectivity index (χ3n) is 6.06. The first-order chi connectivity index (χ1) is 13.6. The van der Waals surface area contributed by atoms with Gasteiger partial charge in [0.05, 0.1) is 5.60 Å². The summed E-state index contributed by atoms with van der Waals surface area (Å²) in [4.78, 5) is 6.92. The SMILES string of the molecule is Cc1cccc(C2(O)CCN(c3cccc4nc(NCC5CC5)nn34)CC2)c1. The third-order valence-corrected chi connectivity index (χ3v) is 6.06. The van der Waals surface area contributed by atoms with Crippen molar-refractivity contribution >= 4 is 17.4 Å². The molecule has 0 radical (unpaired) electrons. The summed E-state index contributed by atoms with van der Waals surface area (Å²) in [6.45, 7) is 4.60. The van der Waals surface area contributed by atoms with Gasteiger partial charge in [0.15, 0.2) is 5.65 Å². The molecule has 0 amide bonds. The first-order valence-corrected chi connectivity index (χ1v) is 10.2. The smallest absolute Gasteiger partial charge is 0.243 e. The maximum absolute atomic E-state index is 11.2. The second-order valence-electron chi connectivity index (χ2n) is 8.30. The topological polar surface area (TPSA) is 65.7 Å². The molecule has 1 aliphatic heterocycles. The number of nitrogens with one attached hydrogen (secondary N) is 1. The number of aliphatic hydroxyl groups is 1. The van der Waals surface area contributed by atoms with Crippen LogP contribution < -0.4 is 10.2 Å². The molecule has 0 atom stereocenters. The summed E-state index contributed by atoms with van der Waals surface area (Å²) in [7, 11) is 0. The van der Waals surface area contributed by atoms with Crippen LogP contribution in [0.3, 0.4) is 0 Å². The second-order valence-corrected chi connectivity index (χ2v) is 8.30. The minimum Gasteiger partial charge on any atom is -0.385 e.